The minimum atomic E-state index is -2.82. The van der Waals surface area contributed by atoms with E-state index < -0.39 is 6.61 Å². The van der Waals surface area contributed by atoms with Crippen molar-refractivity contribution in [2.45, 2.75) is 33.0 Å². The molecule has 1 heterocycles. The van der Waals surface area contributed by atoms with E-state index in [1.54, 1.807) is 20.1 Å². The minimum absolute atomic E-state index is 0.0937. The molecule has 0 aliphatic heterocycles. The van der Waals surface area contributed by atoms with Crippen molar-refractivity contribution in [1.29, 1.82) is 0 Å². The normalized spacial score (nSPS) is 12.3. The average Bonchev–Trinajstić information content (AvgIpc) is 3.13. The van der Waals surface area contributed by atoms with Crippen LogP contribution in [-0.2, 0) is 6.54 Å². The quantitative estimate of drug-likeness (QED) is 0.617. The zero-order chi connectivity index (χ0) is 18.5. The Morgan fingerprint density at radius 3 is 2.27 bits per heavy atom. The largest absolute Gasteiger partial charge is 0.467 e. The Balaban J connectivity index is 1.80. The third-order valence-corrected chi connectivity index (χ3v) is 4.20. The molecule has 3 aromatic rings. The average molecular weight is 357 g/mol. The second-order valence-electron chi connectivity index (χ2n) is 6.18. The summed E-state index contributed by atoms with van der Waals surface area (Å²) >= 11 is 0. The van der Waals surface area contributed by atoms with Gasteiger partial charge in [0.15, 0.2) is 0 Å². The van der Waals surface area contributed by atoms with Crippen molar-refractivity contribution in [3.05, 3.63) is 88.9 Å². The number of benzene rings is 2. The van der Waals surface area contributed by atoms with Crippen molar-refractivity contribution in [2.24, 2.45) is 0 Å². The Labute approximate surface area is 151 Å². The molecule has 0 spiro atoms. The number of furan rings is 1. The summed E-state index contributed by atoms with van der Waals surface area (Å²) in [5.41, 5.74) is 3.47. The molecule has 0 saturated carbocycles. The van der Waals surface area contributed by atoms with Gasteiger partial charge in [0, 0.05) is 6.54 Å². The first-order valence-electron chi connectivity index (χ1n) is 8.41. The van der Waals surface area contributed by atoms with Crippen LogP contribution in [0.15, 0.2) is 65.3 Å². The maximum Gasteiger partial charge on any atom is 0.387 e. The Hall–Kier alpha value is -2.66. The van der Waals surface area contributed by atoms with Gasteiger partial charge in [-0.15, -0.1) is 0 Å². The number of alkyl halides is 2. The molecule has 0 aliphatic rings. The highest BCUT2D eigenvalue weighted by Gasteiger charge is 2.17. The number of aryl methyl sites for hydroxylation is 2. The Morgan fingerprint density at radius 2 is 1.69 bits per heavy atom. The van der Waals surface area contributed by atoms with E-state index in [2.05, 4.69) is 10.1 Å². The van der Waals surface area contributed by atoms with Gasteiger partial charge in [-0.2, -0.15) is 8.78 Å². The molecule has 0 radical (unpaired) electrons. The molecule has 136 valence electrons. The van der Waals surface area contributed by atoms with Gasteiger partial charge in [0.05, 0.1) is 12.3 Å². The van der Waals surface area contributed by atoms with Gasteiger partial charge in [-0.25, -0.2) is 0 Å². The van der Waals surface area contributed by atoms with Crippen molar-refractivity contribution in [3.63, 3.8) is 0 Å². The zero-order valence-electron chi connectivity index (χ0n) is 14.7. The van der Waals surface area contributed by atoms with Gasteiger partial charge < -0.3 is 9.15 Å². The first-order chi connectivity index (χ1) is 12.5. The van der Waals surface area contributed by atoms with Crippen LogP contribution in [0.5, 0.6) is 5.75 Å². The lowest BCUT2D eigenvalue weighted by molar-refractivity contribution is -0.0507. The highest BCUT2D eigenvalue weighted by Crippen LogP contribution is 2.28. The molecule has 0 fully saturated rings. The fourth-order valence-corrected chi connectivity index (χ4v) is 3.12. The van der Waals surface area contributed by atoms with Gasteiger partial charge in [-0.1, -0.05) is 42.5 Å². The third kappa shape index (κ3) is 4.29. The molecule has 0 amide bonds. The highest BCUT2D eigenvalue weighted by atomic mass is 19.3. The molecule has 26 heavy (non-hydrogen) atoms. The second-order valence-corrected chi connectivity index (χ2v) is 6.18. The standard InChI is InChI=1S/C21H21F2NO2/c1-14-11-16(12-15(2)20(14)26-21(22)23)13-24-19(18-9-6-10-25-18)17-7-4-3-5-8-17/h3-12,19,21,24H,13H2,1-2H3. The molecule has 1 atom stereocenters. The van der Waals surface area contributed by atoms with E-state index in [1.165, 1.54) is 0 Å². The molecule has 3 rings (SSSR count). The molecule has 0 bridgehead atoms. The molecular weight excluding hydrogens is 336 g/mol. The van der Waals surface area contributed by atoms with Gasteiger partial charge in [-0.05, 0) is 48.2 Å². The maximum atomic E-state index is 12.5. The van der Waals surface area contributed by atoms with E-state index in [1.807, 2.05) is 54.6 Å². The second kappa shape index (κ2) is 8.15. The van der Waals surface area contributed by atoms with Gasteiger partial charge in [0.1, 0.15) is 11.5 Å². The SMILES string of the molecule is Cc1cc(CNC(c2ccccc2)c2ccco2)cc(C)c1OC(F)F. The van der Waals surface area contributed by atoms with Gasteiger partial charge in [0.25, 0.3) is 0 Å². The summed E-state index contributed by atoms with van der Waals surface area (Å²) in [7, 11) is 0. The van der Waals surface area contributed by atoms with Crippen LogP contribution in [0.2, 0.25) is 0 Å². The van der Waals surface area contributed by atoms with Crippen LogP contribution in [0.4, 0.5) is 8.78 Å². The molecule has 0 saturated heterocycles. The van der Waals surface area contributed by atoms with Crippen LogP contribution in [-0.4, -0.2) is 6.61 Å². The molecule has 1 N–H and O–H groups in total. The van der Waals surface area contributed by atoms with E-state index >= 15 is 0 Å². The Kier molecular flexibility index (Phi) is 5.68. The number of hydrogen-bond acceptors (Lipinski definition) is 3. The lowest BCUT2D eigenvalue weighted by Crippen LogP contribution is -2.21. The van der Waals surface area contributed by atoms with E-state index in [4.69, 9.17) is 4.42 Å². The van der Waals surface area contributed by atoms with Gasteiger partial charge in [0.2, 0.25) is 0 Å². The van der Waals surface area contributed by atoms with Crippen LogP contribution in [0.3, 0.4) is 0 Å². The van der Waals surface area contributed by atoms with Crippen LogP contribution >= 0.6 is 0 Å². The lowest BCUT2D eigenvalue weighted by atomic mass is 10.0. The monoisotopic (exact) mass is 357 g/mol. The van der Waals surface area contributed by atoms with Crippen LogP contribution in [0.1, 0.15) is 34.1 Å². The van der Waals surface area contributed by atoms with Crippen molar-refractivity contribution in [3.8, 4) is 5.75 Å². The molecule has 1 aromatic heterocycles. The number of hydrogen-bond donors (Lipinski definition) is 1. The summed E-state index contributed by atoms with van der Waals surface area (Å²) < 4.78 is 35.3. The molecular formula is C21H21F2NO2. The summed E-state index contributed by atoms with van der Waals surface area (Å²) in [6.07, 6.45) is 1.65. The first-order valence-corrected chi connectivity index (χ1v) is 8.41. The molecule has 2 aromatic carbocycles. The van der Waals surface area contributed by atoms with E-state index in [9.17, 15) is 8.78 Å². The van der Waals surface area contributed by atoms with Crippen LogP contribution < -0.4 is 10.1 Å². The fourth-order valence-electron chi connectivity index (χ4n) is 3.12. The Morgan fingerprint density at radius 1 is 1.00 bits per heavy atom. The summed E-state index contributed by atoms with van der Waals surface area (Å²) in [4.78, 5) is 0. The van der Waals surface area contributed by atoms with Crippen molar-refractivity contribution < 1.29 is 17.9 Å². The van der Waals surface area contributed by atoms with E-state index in [-0.39, 0.29) is 11.8 Å². The number of nitrogens with one attached hydrogen (secondary N) is 1. The van der Waals surface area contributed by atoms with E-state index in [0.29, 0.717) is 17.7 Å². The maximum absolute atomic E-state index is 12.5. The first kappa shape index (κ1) is 18.1. The summed E-state index contributed by atoms with van der Waals surface area (Å²) in [5, 5.41) is 3.49. The van der Waals surface area contributed by atoms with Crippen LogP contribution in [0, 0.1) is 13.8 Å². The number of halogens is 2. The Bertz CT molecular complexity index is 809. The molecule has 0 aliphatic carbocycles. The summed E-state index contributed by atoms with van der Waals surface area (Å²) in [6, 6.07) is 17.4. The smallest absolute Gasteiger partial charge is 0.387 e. The highest BCUT2D eigenvalue weighted by molar-refractivity contribution is 5.43. The van der Waals surface area contributed by atoms with Crippen molar-refractivity contribution in [2.75, 3.05) is 0 Å². The predicted octanol–water partition coefficient (Wildman–Crippen LogP) is 5.38. The summed E-state index contributed by atoms with van der Waals surface area (Å²) in [5.74, 6) is 1.07. The minimum Gasteiger partial charge on any atom is -0.467 e. The fraction of sp³-hybridized carbons (Fsp3) is 0.238. The van der Waals surface area contributed by atoms with E-state index in [0.717, 1.165) is 16.9 Å². The lowest BCUT2D eigenvalue weighted by Gasteiger charge is -2.18. The predicted molar refractivity (Wildman–Crippen MR) is 96.4 cm³/mol. The van der Waals surface area contributed by atoms with Gasteiger partial charge in [-0.3, -0.25) is 5.32 Å². The molecule has 5 heteroatoms. The topological polar surface area (TPSA) is 34.4 Å². The van der Waals surface area contributed by atoms with Crippen molar-refractivity contribution in [1.82, 2.24) is 5.32 Å². The molecule has 1 unspecified atom stereocenters. The number of ether oxygens (including phenoxy) is 1. The molecule has 3 nitrogen and oxygen atoms in total. The number of rotatable bonds is 7. The van der Waals surface area contributed by atoms with Crippen molar-refractivity contribution >= 4 is 0 Å². The third-order valence-electron chi connectivity index (χ3n) is 4.20. The van der Waals surface area contributed by atoms with Gasteiger partial charge >= 0.3 is 6.61 Å². The zero-order valence-corrected chi connectivity index (χ0v) is 14.7. The summed E-state index contributed by atoms with van der Waals surface area (Å²) in [6.45, 7) is 1.29. The van der Waals surface area contributed by atoms with Crippen LogP contribution in [0.25, 0.3) is 0 Å².